The predicted octanol–water partition coefficient (Wildman–Crippen LogP) is 4.02. The summed E-state index contributed by atoms with van der Waals surface area (Å²) in [5, 5.41) is 2.73. The topological polar surface area (TPSA) is 73.9 Å². The highest BCUT2D eigenvalue weighted by atomic mass is 79.9. The quantitative estimate of drug-likeness (QED) is 0.542. The van der Waals surface area contributed by atoms with Crippen molar-refractivity contribution in [1.29, 1.82) is 0 Å². The molecule has 1 aliphatic heterocycles. The molecule has 150 valence electrons. The van der Waals surface area contributed by atoms with Crippen LogP contribution in [-0.2, 0) is 14.3 Å². The number of ether oxygens (including phenoxy) is 3. The normalized spacial score (nSPS) is 34.3. The van der Waals surface area contributed by atoms with Gasteiger partial charge in [0.25, 0.3) is 5.91 Å². The summed E-state index contributed by atoms with van der Waals surface area (Å²) in [6, 6.07) is 5.18. The van der Waals surface area contributed by atoms with E-state index in [1.807, 2.05) is 0 Å². The molecule has 1 amide bonds. The molecule has 28 heavy (non-hydrogen) atoms. The van der Waals surface area contributed by atoms with E-state index in [-0.39, 0.29) is 35.0 Å². The van der Waals surface area contributed by atoms with Crippen LogP contribution >= 0.6 is 15.9 Å². The summed E-state index contributed by atoms with van der Waals surface area (Å²) < 4.78 is 16.1. The first kappa shape index (κ1) is 18.3. The zero-order valence-electron chi connectivity index (χ0n) is 15.7. The van der Waals surface area contributed by atoms with Crippen LogP contribution in [0.25, 0.3) is 0 Å². The van der Waals surface area contributed by atoms with E-state index in [1.54, 1.807) is 18.2 Å². The third-order valence-electron chi connectivity index (χ3n) is 6.65. The number of carbonyl (C=O) groups is 2. The molecule has 6 rings (SSSR count). The molecular formula is C21H24BrNO5. The molecular weight excluding hydrogens is 426 g/mol. The number of anilines is 1. The van der Waals surface area contributed by atoms with E-state index in [0.29, 0.717) is 23.6 Å². The molecule has 2 unspecified atom stereocenters. The SMILES string of the molecule is O=C(COC(=O)CC12C[C@@H]3C[C@@H](CC(Br)(C3)C1)C2)Nc1ccc2c(c1)OCO2. The summed E-state index contributed by atoms with van der Waals surface area (Å²) in [7, 11) is 0. The van der Waals surface area contributed by atoms with Crippen LogP contribution in [0.4, 0.5) is 5.69 Å². The largest absolute Gasteiger partial charge is 0.456 e. The number of hydrogen-bond acceptors (Lipinski definition) is 5. The van der Waals surface area contributed by atoms with E-state index < -0.39 is 0 Å². The van der Waals surface area contributed by atoms with E-state index in [9.17, 15) is 9.59 Å². The summed E-state index contributed by atoms with van der Waals surface area (Å²) in [5.41, 5.74) is 0.644. The monoisotopic (exact) mass is 449 g/mol. The second-order valence-electron chi connectivity index (χ2n) is 9.07. The van der Waals surface area contributed by atoms with Crippen LogP contribution in [0.5, 0.6) is 11.5 Å². The number of rotatable bonds is 5. The van der Waals surface area contributed by atoms with Gasteiger partial charge in [0.05, 0.1) is 6.42 Å². The van der Waals surface area contributed by atoms with E-state index in [1.165, 1.54) is 19.3 Å². The minimum absolute atomic E-state index is 0.0540. The lowest BCUT2D eigenvalue weighted by Gasteiger charge is -2.60. The third-order valence-corrected chi connectivity index (χ3v) is 7.58. The molecule has 4 fully saturated rings. The first-order chi connectivity index (χ1) is 13.4. The first-order valence-electron chi connectivity index (χ1n) is 9.95. The standard InChI is InChI=1S/C21H24BrNO5/c22-21-7-13-3-14(8-21)6-20(5-13,11-21)9-19(25)26-10-18(24)23-15-1-2-16-17(4-15)28-12-27-16/h1-2,4,13-14H,3,5-12H2,(H,23,24)/t13-,14+,20?,21?. The van der Waals surface area contributed by atoms with Crippen LogP contribution < -0.4 is 14.8 Å². The summed E-state index contributed by atoms with van der Waals surface area (Å²) in [6.07, 6.45) is 7.49. The van der Waals surface area contributed by atoms with Crippen LogP contribution in [0, 0.1) is 17.3 Å². The minimum atomic E-state index is -0.352. The van der Waals surface area contributed by atoms with Crippen LogP contribution in [-0.4, -0.2) is 29.6 Å². The number of halogens is 1. The number of alkyl halides is 1. The Balaban J connectivity index is 1.14. The zero-order chi connectivity index (χ0) is 19.4. The van der Waals surface area contributed by atoms with Gasteiger partial charge in [0.2, 0.25) is 6.79 Å². The molecule has 1 N–H and O–H groups in total. The molecule has 0 saturated heterocycles. The molecule has 1 heterocycles. The van der Waals surface area contributed by atoms with Gasteiger partial charge in [-0.1, -0.05) is 15.9 Å². The second kappa shape index (κ2) is 6.65. The van der Waals surface area contributed by atoms with Crippen molar-refractivity contribution in [3.8, 4) is 11.5 Å². The van der Waals surface area contributed by atoms with Gasteiger partial charge < -0.3 is 19.5 Å². The van der Waals surface area contributed by atoms with Crippen LogP contribution in [0.15, 0.2) is 18.2 Å². The lowest BCUT2D eigenvalue weighted by atomic mass is 9.49. The van der Waals surface area contributed by atoms with E-state index in [2.05, 4.69) is 21.2 Å². The molecule has 0 spiro atoms. The van der Waals surface area contributed by atoms with Gasteiger partial charge in [0, 0.05) is 16.1 Å². The van der Waals surface area contributed by atoms with Crippen molar-refractivity contribution in [1.82, 2.24) is 0 Å². The predicted molar refractivity (Wildman–Crippen MR) is 106 cm³/mol. The van der Waals surface area contributed by atoms with Gasteiger partial charge in [-0.15, -0.1) is 0 Å². The van der Waals surface area contributed by atoms with Crippen molar-refractivity contribution in [3.05, 3.63) is 18.2 Å². The average molecular weight is 450 g/mol. The average Bonchev–Trinajstić information content (AvgIpc) is 3.05. The Kier molecular flexibility index (Phi) is 4.34. The molecule has 1 aromatic rings. The Morgan fingerprint density at radius 1 is 1.14 bits per heavy atom. The van der Waals surface area contributed by atoms with Crippen molar-refractivity contribution < 1.29 is 23.8 Å². The maximum Gasteiger partial charge on any atom is 0.306 e. The molecule has 4 bridgehead atoms. The van der Waals surface area contributed by atoms with E-state index in [4.69, 9.17) is 14.2 Å². The number of esters is 1. The number of hydrogen-bond donors (Lipinski definition) is 1. The Labute approximate surface area is 172 Å². The number of fused-ring (bicyclic) bond motifs is 1. The number of benzene rings is 1. The van der Waals surface area contributed by atoms with Crippen LogP contribution in [0.1, 0.15) is 44.9 Å². The maximum absolute atomic E-state index is 12.5. The van der Waals surface area contributed by atoms with Crippen molar-refractivity contribution in [2.75, 3.05) is 18.7 Å². The molecule has 4 saturated carbocycles. The Bertz CT molecular complexity index is 811. The first-order valence-corrected chi connectivity index (χ1v) is 10.7. The number of nitrogens with one attached hydrogen (secondary N) is 1. The fraction of sp³-hybridized carbons (Fsp3) is 0.619. The molecule has 0 radical (unpaired) electrons. The van der Waals surface area contributed by atoms with Gasteiger partial charge in [0.1, 0.15) is 0 Å². The lowest BCUT2D eigenvalue weighted by Crippen LogP contribution is -2.53. The molecule has 0 aromatic heterocycles. The highest BCUT2D eigenvalue weighted by Gasteiger charge is 2.57. The fourth-order valence-electron chi connectivity index (χ4n) is 6.22. The lowest BCUT2D eigenvalue weighted by molar-refractivity contribution is -0.153. The molecule has 7 heteroatoms. The fourth-order valence-corrected chi connectivity index (χ4v) is 7.73. The van der Waals surface area contributed by atoms with Gasteiger partial charge in [-0.05, 0) is 67.9 Å². The minimum Gasteiger partial charge on any atom is -0.456 e. The summed E-state index contributed by atoms with van der Waals surface area (Å²) in [4.78, 5) is 24.7. The highest BCUT2D eigenvalue weighted by molar-refractivity contribution is 9.10. The van der Waals surface area contributed by atoms with Crippen molar-refractivity contribution in [3.63, 3.8) is 0 Å². The molecule has 6 nitrogen and oxygen atoms in total. The van der Waals surface area contributed by atoms with Crippen molar-refractivity contribution in [2.24, 2.45) is 17.3 Å². The van der Waals surface area contributed by atoms with E-state index in [0.717, 1.165) is 31.1 Å². The molecule has 1 aromatic carbocycles. The van der Waals surface area contributed by atoms with Crippen molar-refractivity contribution >= 4 is 33.5 Å². The van der Waals surface area contributed by atoms with Gasteiger partial charge in [-0.2, -0.15) is 0 Å². The summed E-state index contributed by atoms with van der Waals surface area (Å²) in [5.74, 6) is 2.09. The van der Waals surface area contributed by atoms with E-state index >= 15 is 0 Å². The molecule has 5 aliphatic rings. The highest BCUT2D eigenvalue weighted by Crippen LogP contribution is 2.65. The number of amides is 1. The third kappa shape index (κ3) is 3.49. The molecule has 4 aliphatic carbocycles. The molecule has 4 atom stereocenters. The Morgan fingerprint density at radius 2 is 1.89 bits per heavy atom. The summed E-state index contributed by atoms with van der Waals surface area (Å²) in [6.45, 7) is -0.0842. The summed E-state index contributed by atoms with van der Waals surface area (Å²) >= 11 is 3.97. The number of carbonyl (C=O) groups excluding carboxylic acids is 2. The Morgan fingerprint density at radius 3 is 2.64 bits per heavy atom. The Hall–Kier alpha value is -1.76. The maximum atomic E-state index is 12.5. The van der Waals surface area contributed by atoms with Gasteiger partial charge >= 0.3 is 5.97 Å². The van der Waals surface area contributed by atoms with Crippen LogP contribution in [0.3, 0.4) is 0 Å². The van der Waals surface area contributed by atoms with Gasteiger partial charge in [-0.25, -0.2) is 0 Å². The smallest absolute Gasteiger partial charge is 0.306 e. The zero-order valence-corrected chi connectivity index (χ0v) is 17.3. The van der Waals surface area contributed by atoms with Gasteiger partial charge in [-0.3, -0.25) is 9.59 Å². The van der Waals surface area contributed by atoms with Gasteiger partial charge in [0.15, 0.2) is 18.1 Å². The second-order valence-corrected chi connectivity index (χ2v) is 10.7. The van der Waals surface area contributed by atoms with Crippen LogP contribution in [0.2, 0.25) is 0 Å². The van der Waals surface area contributed by atoms with Crippen molar-refractivity contribution in [2.45, 2.75) is 49.3 Å².